The van der Waals surface area contributed by atoms with Crippen molar-refractivity contribution in [3.8, 4) is 0 Å². The van der Waals surface area contributed by atoms with Crippen molar-refractivity contribution in [3.05, 3.63) is 32.8 Å². The highest BCUT2D eigenvalue weighted by Crippen LogP contribution is 2.41. The van der Waals surface area contributed by atoms with Crippen LogP contribution in [0.2, 0.25) is 15.1 Å². The molecule has 13 heavy (non-hydrogen) atoms. The summed E-state index contributed by atoms with van der Waals surface area (Å²) in [5, 5.41) is 11.4. The van der Waals surface area contributed by atoms with Crippen LogP contribution in [0.3, 0.4) is 0 Å². The van der Waals surface area contributed by atoms with Gasteiger partial charge in [0.15, 0.2) is 0 Å². The average molecular weight is 279 g/mol. The fraction of sp³-hybridized carbons (Fsp3) is 0.143. The van der Waals surface area contributed by atoms with Crippen LogP contribution in [0, 0.1) is 0 Å². The van der Waals surface area contributed by atoms with E-state index in [0.717, 1.165) is 0 Å². The molecule has 1 aromatic carbocycles. The molecule has 0 bridgehead atoms. The summed E-state index contributed by atoms with van der Waals surface area (Å²) in [5.41, 5.74) is -0.00750. The second-order valence-corrected chi connectivity index (χ2v) is 4.66. The van der Waals surface area contributed by atoms with Crippen LogP contribution in [0.15, 0.2) is 12.1 Å². The first-order valence-corrected chi connectivity index (χ1v) is 4.95. The first-order chi connectivity index (χ1) is 5.84. The number of alkyl halides is 2. The van der Waals surface area contributed by atoms with Crippen LogP contribution in [0.5, 0.6) is 0 Å². The van der Waals surface area contributed by atoms with E-state index in [9.17, 15) is 5.11 Å². The van der Waals surface area contributed by atoms with Crippen molar-refractivity contribution in [3.63, 3.8) is 0 Å². The molecular weight excluding hydrogens is 277 g/mol. The molecular formula is C7H2Cl5O. The quantitative estimate of drug-likeness (QED) is 0.526. The maximum atomic E-state index is 11.1. The van der Waals surface area contributed by atoms with Crippen LogP contribution in [0.4, 0.5) is 0 Å². The Morgan fingerprint density at radius 3 is 2.00 bits per heavy atom. The molecule has 0 aromatic heterocycles. The van der Waals surface area contributed by atoms with Gasteiger partial charge in [-0.2, -0.15) is 5.11 Å². The third-order valence-electron chi connectivity index (χ3n) is 1.35. The lowest BCUT2D eigenvalue weighted by Crippen LogP contribution is -2.07. The Kier molecular flexibility index (Phi) is 3.61. The summed E-state index contributed by atoms with van der Waals surface area (Å²) in [5.74, 6) is 0. The van der Waals surface area contributed by atoms with Crippen molar-refractivity contribution in [1.82, 2.24) is 0 Å². The first-order valence-electron chi connectivity index (χ1n) is 3.06. The zero-order valence-electron chi connectivity index (χ0n) is 5.95. The zero-order valence-corrected chi connectivity index (χ0v) is 9.73. The molecule has 0 fully saturated rings. The zero-order chi connectivity index (χ0) is 10.2. The molecule has 0 heterocycles. The minimum Gasteiger partial charge on any atom is -0.188 e. The number of halogens is 5. The van der Waals surface area contributed by atoms with Crippen molar-refractivity contribution < 1.29 is 5.11 Å². The Labute approximate surface area is 100 Å². The van der Waals surface area contributed by atoms with Gasteiger partial charge in [0, 0.05) is 5.56 Å². The van der Waals surface area contributed by atoms with Crippen LogP contribution in [-0.2, 0) is 9.63 Å². The molecule has 1 rings (SSSR count). The molecule has 0 aliphatic rings. The van der Waals surface area contributed by atoms with E-state index in [1.165, 1.54) is 12.1 Å². The number of benzene rings is 1. The summed E-state index contributed by atoms with van der Waals surface area (Å²) in [4.78, 5) is 0. The molecule has 1 aromatic rings. The predicted octanol–water partition coefficient (Wildman–Crippen LogP) is 4.67. The van der Waals surface area contributed by atoms with E-state index in [-0.39, 0.29) is 20.6 Å². The van der Waals surface area contributed by atoms with Crippen molar-refractivity contribution in [2.75, 3.05) is 0 Å². The SMILES string of the molecule is [O]C(Cl)(Cl)c1ccc(Cl)c(Cl)c1Cl. The number of rotatable bonds is 1. The van der Waals surface area contributed by atoms with E-state index in [1.807, 2.05) is 0 Å². The lowest BCUT2D eigenvalue weighted by Gasteiger charge is -2.12. The monoisotopic (exact) mass is 277 g/mol. The normalized spacial score (nSPS) is 11.8. The fourth-order valence-corrected chi connectivity index (χ4v) is 1.83. The Bertz CT molecular complexity index is 330. The topological polar surface area (TPSA) is 19.9 Å². The lowest BCUT2D eigenvalue weighted by molar-refractivity contribution is 0.121. The third-order valence-corrected chi connectivity index (χ3v) is 3.05. The van der Waals surface area contributed by atoms with Gasteiger partial charge in [-0.3, -0.25) is 0 Å². The average Bonchev–Trinajstić information content (AvgIpc) is 1.98. The van der Waals surface area contributed by atoms with E-state index in [2.05, 4.69) is 0 Å². The highest BCUT2D eigenvalue weighted by Gasteiger charge is 2.29. The predicted molar refractivity (Wildman–Crippen MR) is 55.5 cm³/mol. The Morgan fingerprint density at radius 2 is 1.54 bits per heavy atom. The molecule has 0 saturated heterocycles. The van der Waals surface area contributed by atoms with E-state index in [0.29, 0.717) is 0 Å². The second kappa shape index (κ2) is 4.01. The summed E-state index contributed by atoms with van der Waals surface area (Å²) in [6.45, 7) is 0. The number of hydrogen-bond acceptors (Lipinski definition) is 0. The molecule has 0 saturated carbocycles. The first kappa shape index (κ1) is 11.7. The highest BCUT2D eigenvalue weighted by molar-refractivity contribution is 6.51. The van der Waals surface area contributed by atoms with E-state index in [4.69, 9.17) is 58.0 Å². The van der Waals surface area contributed by atoms with Crippen LogP contribution < -0.4 is 0 Å². The molecule has 0 spiro atoms. The van der Waals surface area contributed by atoms with E-state index >= 15 is 0 Å². The minimum atomic E-state index is -2.31. The van der Waals surface area contributed by atoms with Gasteiger partial charge in [0.1, 0.15) is 0 Å². The largest absolute Gasteiger partial charge is 0.277 e. The second-order valence-electron chi connectivity index (χ2n) is 2.24. The van der Waals surface area contributed by atoms with E-state index < -0.39 is 4.52 Å². The summed E-state index contributed by atoms with van der Waals surface area (Å²) in [6.07, 6.45) is 0. The smallest absolute Gasteiger partial charge is 0.188 e. The van der Waals surface area contributed by atoms with Crippen LogP contribution in [0.1, 0.15) is 5.56 Å². The Balaban J connectivity index is 3.35. The molecule has 0 amide bonds. The van der Waals surface area contributed by atoms with Gasteiger partial charge < -0.3 is 0 Å². The van der Waals surface area contributed by atoms with Crippen LogP contribution in [0.25, 0.3) is 0 Å². The fourth-order valence-electron chi connectivity index (χ4n) is 0.751. The number of hydrogen-bond donors (Lipinski definition) is 0. The molecule has 6 heteroatoms. The van der Waals surface area contributed by atoms with Crippen molar-refractivity contribution >= 4 is 58.0 Å². The van der Waals surface area contributed by atoms with Crippen LogP contribution >= 0.6 is 58.0 Å². The van der Waals surface area contributed by atoms with Gasteiger partial charge in [-0.25, -0.2) is 0 Å². The van der Waals surface area contributed by atoms with E-state index in [1.54, 1.807) is 0 Å². The van der Waals surface area contributed by atoms with Crippen LogP contribution in [-0.4, -0.2) is 0 Å². The third kappa shape index (κ3) is 2.56. The van der Waals surface area contributed by atoms with Gasteiger partial charge in [-0.05, 0) is 6.07 Å². The maximum Gasteiger partial charge on any atom is 0.277 e. The van der Waals surface area contributed by atoms with Crippen molar-refractivity contribution in [2.24, 2.45) is 0 Å². The summed E-state index contributed by atoms with van der Waals surface area (Å²) in [7, 11) is 0. The molecule has 71 valence electrons. The summed E-state index contributed by atoms with van der Waals surface area (Å²) < 4.78 is -2.31. The summed E-state index contributed by atoms with van der Waals surface area (Å²) in [6, 6.07) is 2.74. The van der Waals surface area contributed by atoms with Gasteiger partial charge >= 0.3 is 0 Å². The minimum absolute atomic E-state index is 0.00750. The molecule has 0 N–H and O–H groups in total. The molecule has 0 unspecified atom stereocenters. The molecule has 0 atom stereocenters. The van der Waals surface area contributed by atoms with Gasteiger partial charge in [-0.1, -0.05) is 64.1 Å². The van der Waals surface area contributed by atoms with Crippen molar-refractivity contribution in [2.45, 2.75) is 4.52 Å². The van der Waals surface area contributed by atoms with Crippen molar-refractivity contribution in [1.29, 1.82) is 0 Å². The molecule has 0 aliphatic heterocycles. The molecule has 1 nitrogen and oxygen atoms in total. The Morgan fingerprint density at radius 1 is 1.00 bits per heavy atom. The Hall–Kier alpha value is 0.630. The summed E-state index contributed by atoms with van der Waals surface area (Å²) >= 11 is 27.6. The molecule has 0 aliphatic carbocycles. The molecule has 1 radical (unpaired) electrons. The van der Waals surface area contributed by atoms with Gasteiger partial charge in [0.2, 0.25) is 0 Å². The standard InChI is InChI=1S/C7H2Cl5O/c8-4-2-1-3(7(11,12)13)5(9)6(4)10/h1-2H. The van der Waals surface area contributed by atoms with Gasteiger partial charge in [0.25, 0.3) is 4.52 Å². The highest BCUT2D eigenvalue weighted by atomic mass is 35.5. The lowest BCUT2D eigenvalue weighted by atomic mass is 10.2. The van der Waals surface area contributed by atoms with Gasteiger partial charge in [-0.15, -0.1) is 0 Å². The maximum absolute atomic E-state index is 11.1. The van der Waals surface area contributed by atoms with Gasteiger partial charge in [0.05, 0.1) is 15.1 Å².